The van der Waals surface area contributed by atoms with Gasteiger partial charge in [0.1, 0.15) is 5.82 Å². The van der Waals surface area contributed by atoms with Crippen molar-refractivity contribution in [1.82, 2.24) is 4.98 Å². The van der Waals surface area contributed by atoms with Crippen LogP contribution in [0.1, 0.15) is 5.56 Å². The molecular formula is C8H4F7NO. The minimum Gasteiger partial charge on any atom is -0.369 e. The van der Waals surface area contributed by atoms with Gasteiger partial charge in [-0.2, -0.15) is 26.3 Å². The second-order valence-corrected chi connectivity index (χ2v) is 3.10. The standard InChI is InChI=1S/C8H4F7NO/c9-5-1-4(2-16-3-5)6(17,7(10,11)12)8(13,14)15/h1-3,17H. The van der Waals surface area contributed by atoms with Crippen LogP contribution >= 0.6 is 0 Å². The van der Waals surface area contributed by atoms with E-state index >= 15 is 0 Å². The van der Waals surface area contributed by atoms with E-state index in [9.17, 15) is 30.7 Å². The summed E-state index contributed by atoms with van der Waals surface area (Å²) >= 11 is 0. The maximum Gasteiger partial charge on any atom is 0.430 e. The van der Waals surface area contributed by atoms with Crippen molar-refractivity contribution in [1.29, 1.82) is 0 Å². The highest BCUT2D eigenvalue weighted by Crippen LogP contribution is 2.49. The van der Waals surface area contributed by atoms with Crippen LogP contribution in [0.15, 0.2) is 18.5 Å². The zero-order valence-electron chi connectivity index (χ0n) is 7.77. The van der Waals surface area contributed by atoms with Crippen LogP contribution in [0.25, 0.3) is 0 Å². The van der Waals surface area contributed by atoms with Gasteiger partial charge in [0.2, 0.25) is 0 Å². The Morgan fingerprint density at radius 2 is 1.41 bits per heavy atom. The number of alkyl halides is 6. The first-order valence-corrected chi connectivity index (χ1v) is 3.97. The minimum absolute atomic E-state index is 0.0754. The van der Waals surface area contributed by atoms with E-state index in [4.69, 9.17) is 5.11 Å². The summed E-state index contributed by atoms with van der Waals surface area (Å²) in [5.41, 5.74) is -6.87. The van der Waals surface area contributed by atoms with Crippen molar-refractivity contribution in [2.24, 2.45) is 0 Å². The molecule has 0 atom stereocenters. The molecule has 0 aliphatic rings. The number of aliphatic hydroxyl groups is 1. The van der Waals surface area contributed by atoms with E-state index in [0.29, 0.717) is 6.20 Å². The molecule has 0 aliphatic heterocycles. The van der Waals surface area contributed by atoms with Crippen LogP contribution in [0, 0.1) is 5.82 Å². The molecule has 0 aromatic carbocycles. The fourth-order valence-electron chi connectivity index (χ4n) is 1.10. The fourth-order valence-corrected chi connectivity index (χ4v) is 1.10. The molecule has 17 heavy (non-hydrogen) atoms. The average Bonchev–Trinajstić information content (AvgIpc) is 2.12. The van der Waals surface area contributed by atoms with Gasteiger partial charge in [-0.25, -0.2) is 4.39 Å². The summed E-state index contributed by atoms with van der Waals surface area (Å²) < 4.78 is 86.4. The summed E-state index contributed by atoms with van der Waals surface area (Å²) in [7, 11) is 0. The first-order valence-electron chi connectivity index (χ1n) is 3.97. The lowest BCUT2D eigenvalue weighted by atomic mass is 9.94. The Labute approximate surface area is 89.7 Å². The maximum absolute atomic E-state index is 12.6. The predicted molar refractivity (Wildman–Crippen MR) is 40.2 cm³/mol. The lowest BCUT2D eigenvalue weighted by Gasteiger charge is -2.32. The summed E-state index contributed by atoms with van der Waals surface area (Å²) in [6, 6.07) is -0.0754. The van der Waals surface area contributed by atoms with Gasteiger partial charge in [0.15, 0.2) is 0 Å². The molecule has 0 unspecified atom stereocenters. The van der Waals surface area contributed by atoms with Crippen molar-refractivity contribution >= 4 is 0 Å². The van der Waals surface area contributed by atoms with Crippen molar-refractivity contribution in [3.63, 3.8) is 0 Å². The van der Waals surface area contributed by atoms with Crippen molar-refractivity contribution in [2.75, 3.05) is 0 Å². The van der Waals surface area contributed by atoms with Gasteiger partial charge in [-0.05, 0) is 6.07 Å². The first kappa shape index (κ1) is 13.7. The Morgan fingerprint density at radius 1 is 0.941 bits per heavy atom. The lowest BCUT2D eigenvalue weighted by Crippen LogP contribution is -2.54. The molecule has 0 saturated heterocycles. The Morgan fingerprint density at radius 3 is 1.76 bits per heavy atom. The second kappa shape index (κ2) is 3.83. The number of nitrogens with zero attached hydrogens (tertiary/aromatic N) is 1. The molecule has 0 fully saturated rings. The van der Waals surface area contributed by atoms with Crippen molar-refractivity contribution in [3.05, 3.63) is 29.8 Å². The molecule has 0 amide bonds. The Hall–Kier alpha value is -1.38. The molecule has 2 nitrogen and oxygen atoms in total. The van der Waals surface area contributed by atoms with Crippen LogP contribution < -0.4 is 0 Å². The molecule has 1 rings (SSSR count). The quantitative estimate of drug-likeness (QED) is 0.790. The van der Waals surface area contributed by atoms with E-state index < -0.39 is 29.3 Å². The molecule has 96 valence electrons. The van der Waals surface area contributed by atoms with Crippen LogP contribution in [0.3, 0.4) is 0 Å². The molecule has 0 radical (unpaired) electrons. The summed E-state index contributed by atoms with van der Waals surface area (Å²) in [5, 5.41) is 8.82. The van der Waals surface area contributed by atoms with E-state index in [1.54, 1.807) is 0 Å². The van der Waals surface area contributed by atoms with Gasteiger partial charge in [-0.1, -0.05) is 0 Å². The van der Waals surface area contributed by atoms with Crippen molar-refractivity contribution in [2.45, 2.75) is 18.0 Å². The van der Waals surface area contributed by atoms with Crippen LogP contribution in [0.4, 0.5) is 30.7 Å². The largest absolute Gasteiger partial charge is 0.430 e. The summed E-state index contributed by atoms with van der Waals surface area (Å²) in [4.78, 5) is 2.84. The molecule has 9 heteroatoms. The SMILES string of the molecule is OC(c1cncc(F)c1)(C(F)(F)F)C(F)(F)F. The Bertz CT molecular complexity index is 397. The van der Waals surface area contributed by atoms with E-state index in [1.165, 1.54) is 0 Å². The topological polar surface area (TPSA) is 33.1 Å². The predicted octanol–water partition coefficient (Wildman–Crippen LogP) is 2.53. The number of pyridine rings is 1. The highest BCUT2D eigenvalue weighted by molar-refractivity contribution is 5.23. The van der Waals surface area contributed by atoms with Crippen LogP contribution in [-0.4, -0.2) is 22.4 Å². The second-order valence-electron chi connectivity index (χ2n) is 3.10. The van der Waals surface area contributed by atoms with E-state index in [-0.39, 0.29) is 12.3 Å². The number of halogens is 7. The molecule has 1 aromatic heterocycles. The van der Waals surface area contributed by atoms with E-state index in [0.717, 1.165) is 0 Å². The molecule has 0 saturated carbocycles. The van der Waals surface area contributed by atoms with Gasteiger partial charge in [-0.15, -0.1) is 0 Å². The fraction of sp³-hybridized carbons (Fsp3) is 0.375. The summed E-state index contributed by atoms with van der Waals surface area (Å²) in [6.45, 7) is 0. The van der Waals surface area contributed by atoms with Gasteiger partial charge in [0.25, 0.3) is 5.60 Å². The molecule has 1 N–H and O–H groups in total. The Kier molecular flexibility index (Phi) is 3.08. The van der Waals surface area contributed by atoms with E-state index in [1.807, 2.05) is 0 Å². The third kappa shape index (κ3) is 2.19. The minimum atomic E-state index is -6.04. The molecular weight excluding hydrogens is 259 g/mol. The normalized spacial score (nSPS) is 13.9. The third-order valence-electron chi connectivity index (χ3n) is 1.94. The summed E-state index contributed by atoms with van der Waals surface area (Å²) in [5.74, 6) is -1.42. The van der Waals surface area contributed by atoms with Gasteiger partial charge >= 0.3 is 12.4 Å². The third-order valence-corrected chi connectivity index (χ3v) is 1.94. The number of hydrogen-bond acceptors (Lipinski definition) is 2. The highest BCUT2D eigenvalue weighted by atomic mass is 19.4. The molecule has 1 heterocycles. The highest BCUT2D eigenvalue weighted by Gasteiger charge is 2.71. The lowest BCUT2D eigenvalue weighted by molar-refractivity contribution is -0.376. The smallest absolute Gasteiger partial charge is 0.369 e. The number of hydrogen-bond donors (Lipinski definition) is 1. The van der Waals surface area contributed by atoms with E-state index in [2.05, 4.69) is 4.98 Å². The molecule has 0 aliphatic carbocycles. The Balaban J connectivity index is 3.46. The molecule has 1 aromatic rings. The average molecular weight is 263 g/mol. The van der Waals surface area contributed by atoms with Crippen LogP contribution in [0.2, 0.25) is 0 Å². The van der Waals surface area contributed by atoms with Gasteiger partial charge < -0.3 is 5.11 Å². The van der Waals surface area contributed by atoms with Crippen molar-refractivity contribution < 1.29 is 35.8 Å². The first-order chi connectivity index (χ1) is 7.50. The molecule has 0 spiro atoms. The number of rotatable bonds is 1. The monoisotopic (exact) mass is 263 g/mol. The van der Waals surface area contributed by atoms with Crippen LogP contribution in [-0.2, 0) is 5.60 Å². The van der Waals surface area contributed by atoms with Gasteiger partial charge in [0.05, 0.1) is 6.20 Å². The summed E-state index contributed by atoms with van der Waals surface area (Å²) in [6.07, 6.45) is -11.6. The number of aromatic nitrogens is 1. The van der Waals surface area contributed by atoms with Gasteiger partial charge in [0, 0.05) is 11.8 Å². The maximum atomic E-state index is 12.6. The van der Waals surface area contributed by atoms with Gasteiger partial charge in [-0.3, -0.25) is 4.98 Å². The van der Waals surface area contributed by atoms with Crippen LogP contribution in [0.5, 0.6) is 0 Å². The van der Waals surface area contributed by atoms with Crippen molar-refractivity contribution in [3.8, 4) is 0 Å². The zero-order valence-corrected chi connectivity index (χ0v) is 7.77. The zero-order chi connectivity index (χ0) is 13.5. The molecule has 0 bridgehead atoms.